The van der Waals surface area contributed by atoms with Gasteiger partial charge in [-0.2, -0.15) is 0 Å². The summed E-state index contributed by atoms with van der Waals surface area (Å²) in [5, 5.41) is 0. The molecule has 1 aromatic rings. The molecule has 0 saturated heterocycles. The molecule has 2 rings (SSSR count). The molecular formula is C18H28O2. The van der Waals surface area contributed by atoms with Gasteiger partial charge in [-0.05, 0) is 37.7 Å². The van der Waals surface area contributed by atoms with Crippen molar-refractivity contribution in [1.29, 1.82) is 0 Å². The second kappa shape index (κ2) is 6.51. The largest absolute Gasteiger partial charge is 0.493 e. The van der Waals surface area contributed by atoms with E-state index >= 15 is 0 Å². The lowest BCUT2D eigenvalue weighted by Crippen LogP contribution is -2.16. The molecule has 0 N–H and O–H groups in total. The Morgan fingerprint density at radius 3 is 2.65 bits per heavy atom. The van der Waals surface area contributed by atoms with E-state index in [0.29, 0.717) is 11.8 Å². The lowest BCUT2D eigenvalue weighted by atomic mass is 9.94. The molecule has 0 spiro atoms. The Morgan fingerprint density at radius 1 is 1.20 bits per heavy atom. The Kier molecular flexibility index (Phi) is 4.95. The van der Waals surface area contributed by atoms with Crippen molar-refractivity contribution < 1.29 is 9.47 Å². The molecule has 0 aromatic heterocycles. The molecule has 1 heterocycles. The van der Waals surface area contributed by atoms with Crippen LogP contribution in [0.5, 0.6) is 11.5 Å². The molecule has 0 aliphatic carbocycles. The van der Waals surface area contributed by atoms with Crippen molar-refractivity contribution in [3.63, 3.8) is 0 Å². The van der Waals surface area contributed by atoms with E-state index in [2.05, 4.69) is 46.8 Å². The highest BCUT2D eigenvalue weighted by atomic mass is 16.5. The van der Waals surface area contributed by atoms with Crippen molar-refractivity contribution in [3.05, 3.63) is 23.8 Å². The lowest BCUT2D eigenvalue weighted by Gasteiger charge is -2.20. The topological polar surface area (TPSA) is 18.5 Å². The van der Waals surface area contributed by atoms with E-state index in [1.165, 1.54) is 12.0 Å². The van der Waals surface area contributed by atoms with Crippen LogP contribution in [-0.4, -0.2) is 12.7 Å². The van der Waals surface area contributed by atoms with Gasteiger partial charge in [-0.3, -0.25) is 0 Å². The van der Waals surface area contributed by atoms with E-state index in [-0.39, 0.29) is 6.10 Å². The third-order valence-corrected chi connectivity index (χ3v) is 3.95. The van der Waals surface area contributed by atoms with Crippen molar-refractivity contribution in [2.24, 2.45) is 11.8 Å². The minimum Gasteiger partial charge on any atom is -0.493 e. The molecule has 20 heavy (non-hydrogen) atoms. The number of hydrogen-bond donors (Lipinski definition) is 0. The summed E-state index contributed by atoms with van der Waals surface area (Å²) in [4.78, 5) is 0. The van der Waals surface area contributed by atoms with Crippen LogP contribution >= 0.6 is 0 Å². The Balaban J connectivity index is 1.90. The number of benzene rings is 1. The molecule has 3 atom stereocenters. The second-order valence-electron chi connectivity index (χ2n) is 6.81. The van der Waals surface area contributed by atoms with Gasteiger partial charge in [0.1, 0.15) is 11.5 Å². The van der Waals surface area contributed by atoms with E-state index in [4.69, 9.17) is 9.47 Å². The third-order valence-electron chi connectivity index (χ3n) is 3.95. The Bertz CT molecular complexity index is 439. The molecule has 112 valence electrons. The van der Waals surface area contributed by atoms with Crippen molar-refractivity contribution in [1.82, 2.24) is 0 Å². The molecule has 3 unspecified atom stereocenters. The third kappa shape index (κ3) is 3.91. The average Bonchev–Trinajstić information content (AvgIpc) is 2.69. The molecule has 2 nitrogen and oxygen atoms in total. The summed E-state index contributed by atoms with van der Waals surface area (Å²) in [6, 6.07) is 6.27. The van der Waals surface area contributed by atoms with Crippen LogP contribution in [0.3, 0.4) is 0 Å². The molecule has 1 aliphatic rings. The van der Waals surface area contributed by atoms with Gasteiger partial charge < -0.3 is 9.47 Å². The van der Waals surface area contributed by atoms with Gasteiger partial charge in [0, 0.05) is 17.5 Å². The highest BCUT2D eigenvalue weighted by Gasteiger charge is 2.21. The zero-order chi connectivity index (χ0) is 14.7. The van der Waals surface area contributed by atoms with Crippen LogP contribution < -0.4 is 9.47 Å². The molecule has 0 fully saturated rings. The first-order chi connectivity index (χ1) is 9.45. The van der Waals surface area contributed by atoms with Crippen LogP contribution in [0.2, 0.25) is 0 Å². The predicted molar refractivity (Wildman–Crippen MR) is 83.7 cm³/mol. The summed E-state index contributed by atoms with van der Waals surface area (Å²) in [6.07, 6.45) is 2.62. The van der Waals surface area contributed by atoms with Gasteiger partial charge in [0.05, 0.1) is 12.7 Å². The van der Waals surface area contributed by atoms with Gasteiger partial charge in [-0.15, -0.1) is 0 Å². The fourth-order valence-electron chi connectivity index (χ4n) is 3.17. The number of hydrogen-bond acceptors (Lipinski definition) is 2. The summed E-state index contributed by atoms with van der Waals surface area (Å²) in [5.41, 5.74) is 1.30. The van der Waals surface area contributed by atoms with Crippen molar-refractivity contribution in [3.8, 4) is 11.5 Å². The Hall–Kier alpha value is -1.18. The van der Waals surface area contributed by atoms with Crippen LogP contribution in [0.4, 0.5) is 0 Å². The summed E-state index contributed by atoms with van der Waals surface area (Å²) in [7, 11) is 0. The fraction of sp³-hybridized carbons (Fsp3) is 0.667. The van der Waals surface area contributed by atoms with Gasteiger partial charge in [0.25, 0.3) is 0 Å². The van der Waals surface area contributed by atoms with Gasteiger partial charge in [-0.25, -0.2) is 0 Å². The van der Waals surface area contributed by atoms with E-state index in [1.807, 2.05) is 6.07 Å². The van der Waals surface area contributed by atoms with Crippen molar-refractivity contribution >= 4 is 0 Å². The van der Waals surface area contributed by atoms with Gasteiger partial charge >= 0.3 is 0 Å². The first-order valence-electron chi connectivity index (χ1n) is 7.89. The maximum absolute atomic E-state index is 6.05. The van der Waals surface area contributed by atoms with E-state index in [9.17, 15) is 0 Å². The number of fused-ring (bicyclic) bond motifs is 1. The standard InChI is InChI=1S/C18H28O2/c1-12(2)8-13(3)9-15(5)20-16-6-7-17-14(4)11-19-18(17)10-16/h6-7,10,12-15H,8-9,11H2,1-5H3. The SMILES string of the molecule is CC(C)CC(C)CC(C)Oc1ccc2c(c1)OCC2C. The highest BCUT2D eigenvalue weighted by Crippen LogP contribution is 2.36. The molecular weight excluding hydrogens is 248 g/mol. The normalized spacial score (nSPS) is 20.4. The zero-order valence-electron chi connectivity index (χ0n) is 13.5. The van der Waals surface area contributed by atoms with Crippen LogP contribution in [0.15, 0.2) is 18.2 Å². The molecule has 0 amide bonds. The second-order valence-corrected chi connectivity index (χ2v) is 6.81. The van der Waals surface area contributed by atoms with Crippen LogP contribution in [0.1, 0.15) is 58.9 Å². The van der Waals surface area contributed by atoms with E-state index < -0.39 is 0 Å². The monoisotopic (exact) mass is 276 g/mol. The molecule has 2 heteroatoms. The zero-order valence-corrected chi connectivity index (χ0v) is 13.5. The molecule has 0 bridgehead atoms. The van der Waals surface area contributed by atoms with Gasteiger partial charge in [0.2, 0.25) is 0 Å². The van der Waals surface area contributed by atoms with Gasteiger partial charge in [-0.1, -0.05) is 33.8 Å². The molecule has 0 saturated carbocycles. The van der Waals surface area contributed by atoms with Crippen molar-refractivity contribution in [2.45, 2.75) is 59.5 Å². The summed E-state index contributed by atoms with van der Waals surface area (Å²) < 4.78 is 11.7. The minimum atomic E-state index is 0.251. The average molecular weight is 276 g/mol. The molecule has 0 radical (unpaired) electrons. The van der Waals surface area contributed by atoms with Crippen molar-refractivity contribution in [2.75, 3.05) is 6.61 Å². The minimum absolute atomic E-state index is 0.251. The maximum atomic E-state index is 6.05. The smallest absolute Gasteiger partial charge is 0.126 e. The highest BCUT2D eigenvalue weighted by molar-refractivity contribution is 5.45. The first kappa shape index (κ1) is 15.2. The number of rotatable bonds is 6. The Labute approximate surface area is 123 Å². The Morgan fingerprint density at radius 2 is 1.95 bits per heavy atom. The molecule has 1 aliphatic heterocycles. The predicted octanol–water partition coefficient (Wildman–Crippen LogP) is 5.02. The summed E-state index contributed by atoms with van der Waals surface area (Å²) in [6.45, 7) is 12.0. The molecule has 1 aromatic carbocycles. The maximum Gasteiger partial charge on any atom is 0.126 e. The number of ether oxygens (including phenoxy) is 2. The summed E-state index contributed by atoms with van der Waals surface area (Å²) in [5.74, 6) is 3.89. The quantitative estimate of drug-likeness (QED) is 0.726. The van der Waals surface area contributed by atoms with E-state index in [0.717, 1.165) is 30.4 Å². The first-order valence-corrected chi connectivity index (χ1v) is 7.89. The van der Waals surface area contributed by atoms with Gasteiger partial charge in [0.15, 0.2) is 0 Å². The van der Waals surface area contributed by atoms with Crippen LogP contribution in [0, 0.1) is 11.8 Å². The summed E-state index contributed by atoms with van der Waals surface area (Å²) >= 11 is 0. The lowest BCUT2D eigenvalue weighted by molar-refractivity contribution is 0.181. The van der Waals surface area contributed by atoms with E-state index in [1.54, 1.807) is 0 Å². The van der Waals surface area contributed by atoms with Crippen LogP contribution in [0.25, 0.3) is 0 Å². The fourth-order valence-corrected chi connectivity index (χ4v) is 3.17. The van der Waals surface area contributed by atoms with Crippen LogP contribution in [-0.2, 0) is 0 Å².